The zero-order valence-corrected chi connectivity index (χ0v) is 16.5. The fraction of sp³-hybridized carbons (Fsp3) is 0.286. The number of carboxylic acid groups (broad SMARTS) is 1. The molecule has 0 aliphatic rings. The van der Waals surface area contributed by atoms with Gasteiger partial charge in [-0.15, -0.1) is 0 Å². The lowest BCUT2D eigenvalue weighted by Crippen LogP contribution is -2.00. The molecule has 0 fully saturated rings. The number of aliphatic carboxylic acids is 1. The Balaban J connectivity index is 1.86. The summed E-state index contributed by atoms with van der Waals surface area (Å²) >= 11 is 12.5. The van der Waals surface area contributed by atoms with E-state index in [1.54, 1.807) is 12.1 Å². The van der Waals surface area contributed by atoms with Crippen LogP contribution in [0.3, 0.4) is 0 Å². The van der Waals surface area contributed by atoms with Crippen molar-refractivity contribution in [3.05, 3.63) is 57.7 Å². The molecule has 0 aliphatic carbocycles. The van der Waals surface area contributed by atoms with Gasteiger partial charge in [0.15, 0.2) is 5.75 Å². The molecule has 3 rings (SSSR count). The summed E-state index contributed by atoms with van der Waals surface area (Å²) in [5, 5.41) is 10.6. The number of halogens is 2. The van der Waals surface area contributed by atoms with Gasteiger partial charge in [-0.1, -0.05) is 43.0 Å². The fourth-order valence-electron chi connectivity index (χ4n) is 3.10. The molecule has 0 radical (unpaired) electrons. The highest BCUT2D eigenvalue weighted by molar-refractivity contribution is 6.37. The second-order valence-electron chi connectivity index (χ2n) is 6.54. The number of unbranched alkanes of at least 4 members (excludes halogenated alkanes) is 2. The quantitative estimate of drug-likeness (QED) is 0.413. The number of fused-ring (bicyclic) bond motifs is 1. The van der Waals surface area contributed by atoms with Crippen LogP contribution in [0.1, 0.15) is 37.3 Å². The number of aryl methyl sites for hydroxylation is 1. The molecule has 0 aliphatic heterocycles. The van der Waals surface area contributed by atoms with Gasteiger partial charge in [-0.3, -0.25) is 4.79 Å². The maximum Gasteiger partial charge on any atom is 0.307 e. The van der Waals surface area contributed by atoms with Crippen LogP contribution in [0.15, 0.2) is 36.5 Å². The minimum absolute atomic E-state index is 0.143. The van der Waals surface area contributed by atoms with Crippen LogP contribution in [0.25, 0.3) is 10.9 Å². The molecule has 0 amide bonds. The van der Waals surface area contributed by atoms with Crippen LogP contribution in [0, 0.1) is 0 Å². The number of hydrogen-bond donors (Lipinski definition) is 2. The minimum atomic E-state index is -0.940. The summed E-state index contributed by atoms with van der Waals surface area (Å²) in [6.45, 7) is 2.19. The molecule has 0 saturated carbocycles. The average Bonchev–Trinajstić information content (AvgIpc) is 3.00. The van der Waals surface area contributed by atoms with Crippen molar-refractivity contribution in [2.45, 2.75) is 39.0 Å². The van der Waals surface area contributed by atoms with Crippen LogP contribution in [0.5, 0.6) is 11.5 Å². The van der Waals surface area contributed by atoms with Gasteiger partial charge in [0, 0.05) is 17.1 Å². The molecule has 27 heavy (non-hydrogen) atoms. The van der Waals surface area contributed by atoms with Crippen molar-refractivity contribution < 1.29 is 14.6 Å². The highest BCUT2D eigenvalue weighted by atomic mass is 35.5. The normalized spacial score (nSPS) is 11.1. The number of aromatic amines is 1. The van der Waals surface area contributed by atoms with Crippen molar-refractivity contribution in [2.75, 3.05) is 0 Å². The van der Waals surface area contributed by atoms with E-state index in [4.69, 9.17) is 33.0 Å². The zero-order valence-electron chi connectivity index (χ0n) is 15.0. The number of aromatic nitrogens is 1. The molecule has 2 aromatic carbocycles. The van der Waals surface area contributed by atoms with E-state index < -0.39 is 5.97 Å². The number of nitrogens with one attached hydrogen (secondary N) is 1. The smallest absolute Gasteiger partial charge is 0.307 e. The summed E-state index contributed by atoms with van der Waals surface area (Å²) in [5.74, 6) is 0.0211. The molecule has 1 heterocycles. The standard InChI is InChI=1S/C21H21Cl2NO3/c1-2-3-4-5-14-12-24-19-7-6-15(11-16(14)19)27-21-17(22)8-13(9-18(21)23)10-20(25)26/h6-9,11-12,24H,2-5,10H2,1H3,(H,25,26). The maximum absolute atomic E-state index is 10.9. The third kappa shape index (κ3) is 4.76. The number of carboxylic acids is 1. The molecular formula is C21H21Cl2NO3. The van der Waals surface area contributed by atoms with E-state index in [-0.39, 0.29) is 16.5 Å². The Bertz CT molecular complexity index is 942. The first-order valence-corrected chi connectivity index (χ1v) is 9.71. The Kier molecular flexibility index (Phi) is 6.30. The Morgan fingerprint density at radius 2 is 1.89 bits per heavy atom. The fourth-order valence-corrected chi connectivity index (χ4v) is 3.71. The number of ether oxygens (including phenoxy) is 1. The van der Waals surface area contributed by atoms with E-state index in [2.05, 4.69) is 11.9 Å². The van der Waals surface area contributed by atoms with Crippen molar-refractivity contribution in [1.29, 1.82) is 0 Å². The predicted molar refractivity (Wildman–Crippen MR) is 109 cm³/mol. The van der Waals surface area contributed by atoms with E-state index in [1.165, 1.54) is 18.4 Å². The van der Waals surface area contributed by atoms with Crippen LogP contribution < -0.4 is 4.74 Å². The van der Waals surface area contributed by atoms with Crippen LogP contribution in [-0.4, -0.2) is 16.1 Å². The van der Waals surface area contributed by atoms with Gasteiger partial charge in [-0.25, -0.2) is 0 Å². The van der Waals surface area contributed by atoms with Crippen molar-refractivity contribution in [2.24, 2.45) is 0 Å². The van der Waals surface area contributed by atoms with Crippen LogP contribution in [0.2, 0.25) is 10.0 Å². The summed E-state index contributed by atoms with van der Waals surface area (Å²) in [5.41, 5.74) is 2.85. The molecule has 142 valence electrons. The molecule has 6 heteroatoms. The second-order valence-corrected chi connectivity index (χ2v) is 7.35. The summed E-state index contributed by atoms with van der Waals surface area (Å²) < 4.78 is 5.93. The first kappa shape index (κ1) is 19.6. The molecule has 1 aromatic heterocycles. The van der Waals surface area contributed by atoms with Crippen molar-refractivity contribution in [3.63, 3.8) is 0 Å². The van der Waals surface area contributed by atoms with Gasteiger partial charge in [0.25, 0.3) is 0 Å². The molecule has 0 bridgehead atoms. The largest absolute Gasteiger partial charge is 0.481 e. The monoisotopic (exact) mass is 405 g/mol. The third-order valence-corrected chi connectivity index (χ3v) is 4.98. The van der Waals surface area contributed by atoms with Gasteiger partial charge in [0.1, 0.15) is 5.75 Å². The maximum atomic E-state index is 10.9. The lowest BCUT2D eigenvalue weighted by atomic mass is 10.1. The van der Waals surface area contributed by atoms with Gasteiger partial charge in [0.2, 0.25) is 0 Å². The number of H-pyrrole nitrogens is 1. The summed E-state index contributed by atoms with van der Waals surface area (Å²) in [6, 6.07) is 8.94. The molecular weight excluding hydrogens is 385 g/mol. The molecule has 0 unspecified atom stereocenters. The Labute approximate surface area is 168 Å². The topological polar surface area (TPSA) is 62.3 Å². The van der Waals surface area contributed by atoms with Crippen molar-refractivity contribution in [1.82, 2.24) is 4.98 Å². The van der Waals surface area contributed by atoms with Gasteiger partial charge in [-0.05, 0) is 54.3 Å². The van der Waals surface area contributed by atoms with E-state index in [0.717, 1.165) is 23.7 Å². The molecule has 0 atom stereocenters. The summed E-state index contributed by atoms with van der Waals surface area (Å²) in [4.78, 5) is 14.2. The van der Waals surface area contributed by atoms with Crippen molar-refractivity contribution in [3.8, 4) is 11.5 Å². The van der Waals surface area contributed by atoms with Crippen LogP contribution >= 0.6 is 23.2 Å². The minimum Gasteiger partial charge on any atom is -0.481 e. The third-order valence-electron chi connectivity index (χ3n) is 4.42. The first-order valence-electron chi connectivity index (χ1n) is 8.95. The SMILES string of the molecule is CCCCCc1c[nH]c2ccc(Oc3c(Cl)cc(CC(=O)O)cc3Cl)cc12. The molecule has 0 spiro atoms. The molecule has 3 aromatic rings. The number of benzene rings is 2. The lowest BCUT2D eigenvalue weighted by molar-refractivity contribution is -0.136. The second kappa shape index (κ2) is 8.68. The van der Waals surface area contributed by atoms with Gasteiger partial charge in [0.05, 0.1) is 16.5 Å². The number of hydrogen-bond acceptors (Lipinski definition) is 2. The average molecular weight is 406 g/mol. The van der Waals surface area contributed by atoms with E-state index >= 15 is 0 Å². The summed E-state index contributed by atoms with van der Waals surface area (Å²) in [7, 11) is 0. The highest BCUT2D eigenvalue weighted by Gasteiger charge is 2.13. The first-order chi connectivity index (χ1) is 13.0. The van der Waals surface area contributed by atoms with E-state index in [0.29, 0.717) is 17.1 Å². The molecule has 2 N–H and O–H groups in total. The van der Waals surface area contributed by atoms with Crippen LogP contribution in [0.4, 0.5) is 0 Å². The van der Waals surface area contributed by atoms with Crippen LogP contribution in [-0.2, 0) is 17.6 Å². The predicted octanol–water partition coefficient (Wildman–Crippen LogP) is 6.63. The number of rotatable bonds is 8. The van der Waals surface area contributed by atoms with E-state index in [1.807, 2.05) is 24.4 Å². The van der Waals surface area contributed by atoms with Gasteiger partial charge < -0.3 is 14.8 Å². The summed E-state index contributed by atoms with van der Waals surface area (Å²) in [6.07, 6.45) is 6.46. The highest BCUT2D eigenvalue weighted by Crippen LogP contribution is 2.38. The Morgan fingerprint density at radius 3 is 2.56 bits per heavy atom. The van der Waals surface area contributed by atoms with Gasteiger partial charge in [-0.2, -0.15) is 0 Å². The van der Waals surface area contributed by atoms with Gasteiger partial charge >= 0.3 is 5.97 Å². The van der Waals surface area contributed by atoms with E-state index in [9.17, 15) is 4.79 Å². The van der Waals surface area contributed by atoms with Crippen molar-refractivity contribution >= 4 is 40.1 Å². The molecule has 4 nitrogen and oxygen atoms in total. The molecule has 0 saturated heterocycles. The Morgan fingerprint density at radius 1 is 1.15 bits per heavy atom. The number of carbonyl (C=O) groups is 1. The lowest BCUT2D eigenvalue weighted by Gasteiger charge is -2.11. The Hall–Kier alpha value is -2.17. The zero-order chi connectivity index (χ0) is 19.4.